The number of methoxy groups -OCH3 is 1. The lowest BCUT2D eigenvalue weighted by molar-refractivity contribution is 0.0594. The van der Waals surface area contributed by atoms with E-state index >= 15 is 0 Å². The van der Waals surface area contributed by atoms with E-state index in [1.54, 1.807) is 30.5 Å². The predicted octanol–water partition coefficient (Wildman–Crippen LogP) is 3.98. The highest BCUT2D eigenvalue weighted by Crippen LogP contribution is 2.32. The summed E-state index contributed by atoms with van der Waals surface area (Å²) in [6, 6.07) is 9.38. The molecule has 0 fully saturated rings. The van der Waals surface area contributed by atoms with Crippen molar-refractivity contribution < 1.29 is 22.7 Å². The van der Waals surface area contributed by atoms with Gasteiger partial charge in [0, 0.05) is 34.8 Å². The Morgan fingerprint density at radius 1 is 1.02 bits per heavy atom. The van der Waals surface area contributed by atoms with Gasteiger partial charge in [0.1, 0.15) is 11.5 Å². The van der Waals surface area contributed by atoms with Crippen LogP contribution in [0.4, 0.5) is 13.2 Å². The number of aromatic nitrogens is 5. The average Bonchev–Trinajstić information content (AvgIpc) is 2.96. The molecule has 3 aromatic heterocycles. The maximum absolute atomic E-state index is 14.5. The van der Waals surface area contributed by atoms with Gasteiger partial charge >= 0.3 is 17.3 Å². The van der Waals surface area contributed by atoms with E-state index in [1.807, 2.05) is 0 Å². The molecule has 0 bridgehead atoms. The zero-order valence-electron chi connectivity index (χ0n) is 20.9. The lowest BCUT2D eigenvalue weighted by Crippen LogP contribution is -2.41. The van der Waals surface area contributed by atoms with Gasteiger partial charge in [0.25, 0.3) is 0 Å². The van der Waals surface area contributed by atoms with E-state index in [4.69, 9.17) is 4.74 Å². The Morgan fingerprint density at radius 3 is 2.55 bits per heavy atom. The van der Waals surface area contributed by atoms with E-state index in [9.17, 15) is 27.6 Å². The Bertz CT molecular complexity index is 1920. The summed E-state index contributed by atoms with van der Waals surface area (Å²) in [5.41, 5.74) is -0.939. The van der Waals surface area contributed by atoms with Crippen LogP contribution in [0, 0.1) is 17.5 Å². The molecule has 0 spiro atoms. The van der Waals surface area contributed by atoms with Crippen LogP contribution in [0.3, 0.4) is 0 Å². The van der Waals surface area contributed by atoms with Crippen molar-refractivity contribution in [1.82, 2.24) is 24.1 Å². The molecular weight excluding hydrogens is 547 g/mol. The molecule has 0 aliphatic carbocycles. The number of esters is 1. The second kappa shape index (κ2) is 10.8. The molecule has 5 aromatic rings. The molecule has 0 amide bonds. The molecule has 202 valence electrons. The van der Waals surface area contributed by atoms with Gasteiger partial charge in [-0.2, -0.15) is 4.98 Å². The highest BCUT2D eigenvalue weighted by atomic mass is 32.2. The summed E-state index contributed by atoms with van der Waals surface area (Å²) >= 11 is 0.952. The van der Waals surface area contributed by atoms with Crippen molar-refractivity contribution in [3.8, 4) is 16.8 Å². The number of carbonyl (C=O) groups excluding carboxylic acids is 1. The van der Waals surface area contributed by atoms with Crippen molar-refractivity contribution >= 4 is 28.5 Å². The van der Waals surface area contributed by atoms with Gasteiger partial charge in [0.05, 0.1) is 25.5 Å². The first-order valence-corrected chi connectivity index (χ1v) is 12.8. The molecule has 0 atom stereocenters. The summed E-state index contributed by atoms with van der Waals surface area (Å²) in [7, 11) is 1.23. The van der Waals surface area contributed by atoms with E-state index in [-0.39, 0.29) is 22.1 Å². The van der Waals surface area contributed by atoms with Crippen molar-refractivity contribution in [2.45, 2.75) is 11.7 Å². The highest BCUT2D eigenvalue weighted by Gasteiger charge is 2.21. The van der Waals surface area contributed by atoms with Gasteiger partial charge in [-0.3, -0.25) is 9.55 Å². The minimum absolute atomic E-state index is 0.0479. The molecular formula is C27H18F3N5O4S. The summed E-state index contributed by atoms with van der Waals surface area (Å²) in [5, 5.41) is 0.938. The van der Waals surface area contributed by atoms with Gasteiger partial charge in [-0.15, -0.1) is 0 Å². The lowest BCUT2D eigenvalue weighted by atomic mass is 9.98. The van der Waals surface area contributed by atoms with Gasteiger partial charge in [-0.1, -0.05) is 30.0 Å². The van der Waals surface area contributed by atoms with Crippen LogP contribution in [0.25, 0.3) is 27.6 Å². The fourth-order valence-corrected chi connectivity index (χ4v) is 4.80. The van der Waals surface area contributed by atoms with Crippen LogP contribution < -0.4 is 11.4 Å². The zero-order chi connectivity index (χ0) is 28.6. The standard InChI is InChI=1S/C27H18F3N5O4S/c1-39-24(36)21-9-14(6-7-32-21)17-5-3-4-15-11-31-12-22(23(15)17)35-25(37)33-26(40-2)34(27(35)38)13-16-8-19(29)20(30)10-18(16)28/h3-12H,13H2,1-2H3. The third-order valence-corrected chi connectivity index (χ3v) is 6.78. The molecule has 0 radical (unpaired) electrons. The van der Waals surface area contributed by atoms with Crippen molar-refractivity contribution in [2.75, 3.05) is 13.4 Å². The Hall–Kier alpha value is -4.78. The molecule has 0 unspecified atom stereocenters. The molecule has 40 heavy (non-hydrogen) atoms. The van der Waals surface area contributed by atoms with Gasteiger partial charge in [0.15, 0.2) is 16.8 Å². The van der Waals surface area contributed by atoms with Gasteiger partial charge in [-0.05, 0) is 35.6 Å². The van der Waals surface area contributed by atoms with Crippen LogP contribution in [0.5, 0.6) is 0 Å². The second-order valence-corrected chi connectivity index (χ2v) is 9.20. The maximum atomic E-state index is 14.5. The second-order valence-electron chi connectivity index (χ2n) is 8.43. The van der Waals surface area contributed by atoms with E-state index < -0.39 is 41.3 Å². The van der Waals surface area contributed by atoms with Crippen LogP contribution in [0.1, 0.15) is 16.1 Å². The molecule has 0 aliphatic heterocycles. The van der Waals surface area contributed by atoms with Crippen LogP contribution in [-0.4, -0.2) is 43.4 Å². The largest absolute Gasteiger partial charge is 0.464 e. The maximum Gasteiger partial charge on any atom is 0.358 e. The highest BCUT2D eigenvalue weighted by molar-refractivity contribution is 7.98. The van der Waals surface area contributed by atoms with Crippen LogP contribution >= 0.6 is 11.8 Å². The summed E-state index contributed by atoms with van der Waals surface area (Å²) in [6.07, 6.45) is 5.82. The van der Waals surface area contributed by atoms with Gasteiger partial charge in [0.2, 0.25) is 0 Å². The number of fused-ring (bicyclic) bond motifs is 1. The molecule has 13 heteroatoms. The van der Waals surface area contributed by atoms with Crippen LogP contribution in [0.15, 0.2) is 75.8 Å². The number of hydrogen-bond donors (Lipinski definition) is 0. The fraction of sp³-hybridized carbons (Fsp3) is 0.111. The van der Waals surface area contributed by atoms with Gasteiger partial charge in [-0.25, -0.2) is 37.1 Å². The summed E-state index contributed by atoms with van der Waals surface area (Å²) in [4.78, 5) is 51.3. The van der Waals surface area contributed by atoms with Crippen molar-refractivity contribution in [1.29, 1.82) is 0 Å². The Kier molecular flexibility index (Phi) is 7.22. The summed E-state index contributed by atoms with van der Waals surface area (Å²) in [5.74, 6) is -4.38. The third-order valence-electron chi connectivity index (χ3n) is 6.11. The van der Waals surface area contributed by atoms with Gasteiger partial charge < -0.3 is 4.74 Å². The molecule has 9 nitrogen and oxygen atoms in total. The van der Waals surface area contributed by atoms with E-state index in [0.717, 1.165) is 20.9 Å². The van der Waals surface area contributed by atoms with E-state index in [1.165, 1.54) is 31.8 Å². The first kappa shape index (κ1) is 26.8. The average molecular weight is 566 g/mol. The van der Waals surface area contributed by atoms with Crippen molar-refractivity contribution in [3.63, 3.8) is 0 Å². The van der Waals surface area contributed by atoms with E-state index in [0.29, 0.717) is 34.0 Å². The number of halogens is 3. The smallest absolute Gasteiger partial charge is 0.358 e. The molecule has 0 aliphatic rings. The number of rotatable bonds is 6. The molecule has 3 heterocycles. The number of benzene rings is 2. The third kappa shape index (κ3) is 4.75. The number of thioether (sulfide) groups is 1. The lowest BCUT2D eigenvalue weighted by Gasteiger charge is -2.16. The Labute approximate surface area is 227 Å². The number of ether oxygens (including phenoxy) is 1. The summed E-state index contributed by atoms with van der Waals surface area (Å²) < 4.78 is 48.4. The summed E-state index contributed by atoms with van der Waals surface area (Å²) in [6.45, 7) is -0.525. The van der Waals surface area contributed by atoms with Crippen LogP contribution in [-0.2, 0) is 11.3 Å². The first-order valence-electron chi connectivity index (χ1n) is 11.6. The molecule has 2 aromatic carbocycles. The Balaban J connectivity index is 1.77. The van der Waals surface area contributed by atoms with Crippen molar-refractivity contribution in [3.05, 3.63) is 111 Å². The van der Waals surface area contributed by atoms with E-state index in [2.05, 4.69) is 15.0 Å². The molecule has 0 N–H and O–H groups in total. The number of carbonyl (C=O) groups is 1. The first-order chi connectivity index (χ1) is 19.2. The predicted molar refractivity (Wildman–Crippen MR) is 141 cm³/mol. The monoisotopic (exact) mass is 565 g/mol. The van der Waals surface area contributed by atoms with Crippen molar-refractivity contribution in [2.24, 2.45) is 0 Å². The molecule has 5 rings (SSSR count). The Morgan fingerprint density at radius 2 is 1.80 bits per heavy atom. The fourth-order valence-electron chi connectivity index (χ4n) is 4.27. The normalized spacial score (nSPS) is 11.1. The number of pyridine rings is 2. The minimum Gasteiger partial charge on any atom is -0.464 e. The number of nitrogens with zero attached hydrogens (tertiary/aromatic N) is 5. The topological polar surface area (TPSA) is 109 Å². The number of hydrogen-bond acceptors (Lipinski definition) is 8. The molecule has 0 saturated carbocycles. The quantitative estimate of drug-likeness (QED) is 0.173. The van der Waals surface area contributed by atoms with Crippen LogP contribution in [0.2, 0.25) is 0 Å². The molecule has 0 saturated heterocycles. The minimum atomic E-state index is -1.37. The SMILES string of the molecule is COC(=O)c1cc(-c2cccc3cncc(-n4c(=O)nc(SC)n(Cc5cc(F)c(F)cc5F)c4=O)c23)ccn1. The zero-order valence-corrected chi connectivity index (χ0v) is 21.7.